The van der Waals surface area contributed by atoms with Gasteiger partial charge < -0.3 is 9.26 Å². The molecule has 10 heteroatoms. The number of ether oxygens (including phenoxy) is 1. The third kappa shape index (κ3) is 3.64. The van der Waals surface area contributed by atoms with Crippen LogP contribution < -0.4 is 0 Å². The third-order valence-corrected chi connectivity index (χ3v) is 4.95. The van der Waals surface area contributed by atoms with Crippen molar-refractivity contribution in [3.8, 4) is 11.4 Å². The standard InChI is InChI=1S/C16H16N4O5S/c1-10-5-4-6-12(7-10)15-17-14(25-18-15)9-24-16(21)13-8-20(3)26(22,23)19-11(13)2/h4-8H,9H2,1-3H3. The normalized spacial score (nSPS) is 16.0. The Morgan fingerprint density at radius 3 is 2.81 bits per heavy atom. The fraction of sp³-hybridized carbons (Fsp3) is 0.250. The maximum absolute atomic E-state index is 12.2. The molecule has 0 saturated carbocycles. The van der Waals surface area contributed by atoms with Crippen LogP contribution in [0.3, 0.4) is 0 Å². The van der Waals surface area contributed by atoms with Crippen molar-refractivity contribution >= 4 is 21.9 Å². The zero-order valence-corrected chi connectivity index (χ0v) is 15.1. The Morgan fingerprint density at radius 2 is 2.08 bits per heavy atom. The van der Waals surface area contributed by atoms with Gasteiger partial charge in [0.25, 0.3) is 5.89 Å². The monoisotopic (exact) mass is 376 g/mol. The topological polar surface area (TPSA) is 115 Å². The van der Waals surface area contributed by atoms with Crippen molar-refractivity contribution in [3.63, 3.8) is 0 Å². The van der Waals surface area contributed by atoms with Gasteiger partial charge in [0.2, 0.25) is 5.82 Å². The molecule has 0 spiro atoms. The van der Waals surface area contributed by atoms with Gasteiger partial charge in [-0.15, -0.1) is 4.40 Å². The number of aromatic nitrogens is 2. The van der Waals surface area contributed by atoms with Crippen LogP contribution in [0.1, 0.15) is 18.4 Å². The van der Waals surface area contributed by atoms with Gasteiger partial charge in [0.05, 0.1) is 11.3 Å². The molecule has 0 unspecified atom stereocenters. The van der Waals surface area contributed by atoms with Crippen LogP contribution in [-0.4, -0.2) is 41.6 Å². The van der Waals surface area contributed by atoms with E-state index in [1.807, 2.05) is 31.2 Å². The molecule has 0 radical (unpaired) electrons. The van der Waals surface area contributed by atoms with Crippen molar-refractivity contribution in [2.75, 3.05) is 7.05 Å². The summed E-state index contributed by atoms with van der Waals surface area (Å²) in [6.45, 7) is 3.13. The average Bonchev–Trinajstić information content (AvgIpc) is 3.04. The first kappa shape index (κ1) is 17.8. The fourth-order valence-corrected chi connectivity index (χ4v) is 3.06. The predicted octanol–water partition coefficient (Wildman–Crippen LogP) is 1.62. The summed E-state index contributed by atoms with van der Waals surface area (Å²) in [6.07, 6.45) is 1.16. The van der Waals surface area contributed by atoms with Crippen LogP contribution in [0.15, 0.2) is 45.0 Å². The Bertz CT molecular complexity index is 1020. The van der Waals surface area contributed by atoms with E-state index >= 15 is 0 Å². The molecule has 0 atom stereocenters. The highest BCUT2D eigenvalue weighted by molar-refractivity contribution is 7.88. The Morgan fingerprint density at radius 1 is 1.31 bits per heavy atom. The van der Waals surface area contributed by atoms with Gasteiger partial charge in [-0.05, 0) is 19.9 Å². The lowest BCUT2D eigenvalue weighted by molar-refractivity contribution is -0.140. The number of hydrogen-bond acceptors (Lipinski definition) is 7. The van der Waals surface area contributed by atoms with E-state index in [1.165, 1.54) is 14.0 Å². The Balaban J connectivity index is 1.69. The van der Waals surface area contributed by atoms with Gasteiger partial charge >= 0.3 is 16.2 Å². The van der Waals surface area contributed by atoms with Crippen molar-refractivity contribution in [1.29, 1.82) is 0 Å². The molecule has 0 fully saturated rings. The van der Waals surface area contributed by atoms with E-state index in [0.717, 1.165) is 21.6 Å². The maximum Gasteiger partial charge on any atom is 0.344 e. The molecule has 1 aliphatic rings. The van der Waals surface area contributed by atoms with E-state index < -0.39 is 16.2 Å². The maximum atomic E-state index is 12.2. The zero-order chi connectivity index (χ0) is 18.9. The molecule has 9 nitrogen and oxygen atoms in total. The number of hydrogen-bond donors (Lipinski definition) is 0. The van der Waals surface area contributed by atoms with Crippen molar-refractivity contribution in [2.45, 2.75) is 20.5 Å². The van der Waals surface area contributed by atoms with E-state index in [1.54, 1.807) is 0 Å². The molecule has 0 saturated heterocycles. The quantitative estimate of drug-likeness (QED) is 0.745. The summed E-state index contributed by atoms with van der Waals surface area (Å²) in [5.74, 6) is -0.217. The molecule has 1 aromatic carbocycles. The molecule has 1 aliphatic heterocycles. The minimum absolute atomic E-state index is 0.0424. The van der Waals surface area contributed by atoms with E-state index in [-0.39, 0.29) is 23.8 Å². The first-order valence-electron chi connectivity index (χ1n) is 7.60. The number of aryl methyl sites for hydroxylation is 1. The smallest absolute Gasteiger partial charge is 0.344 e. The number of rotatable bonds is 4. The number of esters is 1. The van der Waals surface area contributed by atoms with Crippen molar-refractivity contribution in [1.82, 2.24) is 14.4 Å². The van der Waals surface area contributed by atoms with Crippen LogP contribution in [0.2, 0.25) is 0 Å². The van der Waals surface area contributed by atoms with Gasteiger partial charge in [-0.3, -0.25) is 4.31 Å². The number of benzene rings is 1. The first-order valence-corrected chi connectivity index (χ1v) is 8.99. The summed E-state index contributed by atoms with van der Waals surface area (Å²) in [4.78, 5) is 16.4. The fourth-order valence-electron chi connectivity index (χ4n) is 2.25. The predicted molar refractivity (Wildman–Crippen MR) is 92.1 cm³/mol. The molecule has 0 N–H and O–H groups in total. The van der Waals surface area contributed by atoms with E-state index in [9.17, 15) is 13.2 Å². The lowest BCUT2D eigenvalue weighted by Gasteiger charge is -2.18. The minimum Gasteiger partial charge on any atom is -0.452 e. The summed E-state index contributed by atoms with van der Waals surface area (Å²) < 4.78 is 37.8. The molecule has 2 heterocycles. The van der Waals surface area contributed by atoms with Gasteiger partial charge in [0.1, 0.15) is 0 Å². The van der Waals surface area contributed by atoms with Gasteiger partial charge in [-0.1, -0.05) is 28.9 Å². The number of carbonyl (C=O) groups is 1. The molecule has 136 valence electrons. The highest BCUT2D eigenvalue weighted by Crippen LogP contribution is 2.18. The lowest BCUT2D eigenvalue weighted by atomic mass is 10.1. The van der Waals surface area contributed by atoms with E-state index in [0.29, 0.717) is 5.82 Å². The SMILES string of the molecule is CC1=NS(=O)(=O)N(C)C=C1C(=O)OCc1nc(-c2cccc(C)c2)no1. The summed E-state index contributed by atoms with van der Waals surface area (Å²) in [5, 5.41) is 3.86. The molecule has 0 bridgehead atoms. The second-order valence-electron chi connectivity index (χ2n) is 5.67. The third-order valence-electron chi connectivity index (χ3n) is 3.61. The Hall–Kier alpha value is -3.01. The molecule has 26 heavy (non-hydrogen) atoms. The van der Waals surface area contributed by atoms with E-state index in [4.69, 9.17) is 9.26 Å². The van der Waals surface area contributed by atoms with Crippen LogP contribution in [0.25, 0.3) is 11.4 Å². The molecule has 1 aromatic heterocycles. The second kappa shape index (κ2) is 6.71. The summed E-state index contributed by atoms with van der Waals surface area (Å²) in [6, 6.07) is 7.58. The van der Waals surface area contributed by atoms with Crippen LogP contribution in [0, 0.1) is 6.92 Å². The van der Waals surface area contributed by atoms with Crippen LogP contribution >= 0.6 is 0 Å². The number of carbonyl (C=O) groups excluding carboxylic acids is 1. The van der Waals surface area contributed by atoms with Crippen LogP contribution in [0.4, 0.5) is 0 Å². The highest BCUT2D eigenvalue weighted by Gasteiger charge is 2.26. The first-order chi connectivity index (χ1) is 12.3. The molecule has 2 aromatic rings. The zero-order valence-electron chi connectivity index (χ0n) is 14.3. The molecular weight excluding hydrogens is 360 g/mol. The van der Waals surface area contributed by atoms with E-state index in [2.05, 4.69) is 14.5 Å². The lowest BCUT2D eigenvalue weighted by Crippen LogP contribution is -2.29. The summed E-state index contributed by atoms with van der Waals surface area (Å²) in [7, 11) is -2.50. The van der Waals surface area contributed by atoms with Gasteiger partial charge in [0, 0.05) is 18.8 Å². The van der Waals surface area contributed by atoms with Gasteiger partial charge in [-0.25, -0.2) is 4.79 Å². The van der Waals surface area contributed by atoms with Crippen molar-refractivity contribution in [3.05, 3.63) is 47.5 Å². The Kier molecular flexibility index (Phi) is 4.60. The van der Waals surface area contributed by atoms with Gasteiger partial charge in [-0.2, -0.15) is 13.4 Å². The minimum atomic E-state index is -3.78. The summed E-state index contributed by atoms with van der Waals surface area (Å²) in [5.41, 5.74) is 1.94. The van der Waals surface area contributed by atoms with Crippen molar-refractivity contribution in [2.24, 2.45) is 4.40 Å². The van der Waals surface area contributed by atoms with Crippen LogP contribution in [0.5, 0.6) is 0 Å². The highest BCUT2D eigenvalue weighted by atomic mass is 32.2. The summed E-state index contributed by atoms with van der Waals surface area (Å²) >= 11 is 0. The Labute approximate surface area is 150 Å². The molecule has 0 aliphatic carbocycles. The molecule has 3 rings (SSSR count). The van der Waals surface area contributed by atoms with Gasteiger partial charge in [0.15, 0.2) is 6.61 Å². The number of nitrogens with zero attached hydrogens (tertiary/aromatic N) is 4. The second-order valence-corrected chi connectivity index (χ2v) is 7.33. The average molecular weight is 376 g/mol. The van der Waals surface area contributed by atoms with Crippen molar-refractivity contribution < 1.29 is 22.5 Å². The largest absolute Gasteiger partial charge is 0.452 e. The molecule has 0 amide bonds. The molecular formula is C16H16N4O5S. The van der Waals surface area contributed by atoms with Crippen LogP contribution in [-0.2, 0) is 26.3 Å².